The van der Waals surface area contributed by atoms with Gasteiger partial charge in [-0.3, -0.25) is 14.9 Å². The standard InChI is InChI=1S/C24H21Cl2N3O5S/c25-19-2-6-21(7-3-19)27-11-13-28(14-12-27)24(30)17-1-10-23(29(31)32)18(15-17)16-35(33,34)22-8-4-20(26)5-9-22/h1-10,15H,11-14,16H2. The van der Waals surface area contributed by atoms with Crippen molar-refractivity contribution in [2.24, 2.45) is 0 Å². The van der Waals surface area contributed by atoms with Crippen molar-refractivity contribution in [1.82, 2.24) is 4.90 Å². The molecule has 3 aromatic rings. The highest BCUT2D eigenvalue weighted by Gasteiger charge is 2.27. The normalized spacial score (nSPS) is 14.1. The van der Waals surface area contributed by atoms with E-state index in [0.29, 0.717) is 36.2 Å². The van der Waals surface area contributed by atoms with Crippen molar-refractivity contribution in [3.63, 3.8) is 0 Å². The third-order valence-corrected chi connectivity index (χ3v) is 7.99. The van der Waals surface area contributed by atoms with E-state index < -0.39 is 20.5 Å². The number of amides is 1. The molecule has 3 aromatic carbocycles. The van der Waals surface area contributed by atoms with Crippen LogP contribution in [0.15, 0.2) is 71.6 Å². The molecule has 1 aliphatic rings. The van der Waals surface area contributed by atoms with Gasteiger partial charge in [0.05, 0.1) is 15.6 Å². The second-order valence-corrected chi connectivity index (χ2v) is 10.9. The summed E-state index contributed by atoms with van der Waals surface area (Å²) >= 11 is 11.8. The molecule has 0 unspecified atom stereocenters. The Kier molecular flexibility index (Phi) is 7.30. The summed E-state index contributed by atoms with van der Waals surface area (Å²) in [4.78, 5) is 27.8. The highest BCUT2D eigenvalue weighted by Crippen LogP contribution is 2.27. The van der Waals surface area contributed by atoms with Gasteiger partial charge in [-0.15, -0.1) is 0 Å². The summed E-state index contributed by atoms with van der Waals surface area (Å²) < 4.78 is 25.8. The van der Waals surface area contributed by atoms with Gasteiger partial charge in [0.1, 0.15) is 0 Å². The Hall–Kier alpha value is -3.14. The molecule has 0 aliphatic carbocycles. The average Bonchev–Trinajstić information content (AvgIpc) is 2.84. The first-order valence-corrected chi connectivity index (χ1v) is 13.1. The molecule has 0 aromatic heterocycles. The molecule has 1 aliphatic heterocycles. The number of hydrogen-bond acceptors (Lipinski definition) is 6. The van der Waals surface area contributed by atoms with E-state index in [1.54, 1.807) is 4.90 Å². The molecule has 4 rings (SSSR count). The summed E-state index contributed by atoms with van der Waals surface area (Å²) in [6, 6.07) is 16.9. The number of nitro groups is 1. The zero-order valence-electron chi connectivity index (χ0n) is 18.4. The maximum atomic E-state index is 13.2. The molecule has 11 heteroatoms. The van der Waals surface area contributed by atoms with Crippen LogP contribution in [-0.2, 0) is 15.6 Å². The molecular weight excluding hydrogens is 513 g/mol. The Bertz CT molecular complexity index is 1350. The van der Waals surface area contributed by atoms with Crippen molar-refractivity contribution in [2.75, 3.05) is 31.1 Å². The first kappa shape index (κ1) is 25.0. The van der Waals surface area contributed by atoms with Crippen LogP contribution in [0.3, 0.4) is 0 Å². The van der Waals surface area contributed by atoms with Gasteiger partial charge < -0.3 is 9.80 Å². The number of benzene rings is 3. The minimum Gasteiger partial charge on any atom is -0.368 e. The van der Waals surface area contributed by atoms with Gasteiger partial charge in [0.15, 0.2) is 9.84 Å². The van der Waals surface area contributed by atoms with Gasteiger partial charge in [0.2, 0.25) is 0 Å². The molecule has 8 nitrogen and oxygen atoms in total. The molecule has 0 spiro atoms. The number of nitrogens with zero attached hydrogens (tertiary/aromatic N) is 3. The minimum atomic E-state index is -3.90. The topological polar surface area (TPSA) is 101 Å². The SMILES string of the molecule is O=C(c1ccc([N+](=O)[O-])c(CS(=O)(=O)c2ccc(Cl)cc2)c1)N1CCN(c2ccc(Cl)cc2)CC1. The van der Waals surface area contributed by atoms with Crippen LogP contribution < -0.4 is 4.90 Å². The van der Waals surface area contributed by atoms with E-state index in [9.17, 15) is 23.3 Å². The van der Waals surface area contributed by atoms with Crippen molar-refractivity contribution in [3.05, 3.63) is 98.0 Å². The van der Waals surface area contributed by atoms with E-state index in [2.05, 4.69) is 4.90 Å². The molecule has 0 N–H and O–H groups in total. The second-order valence-electron chi connectivity index (χ2n) is 8.07. The monoisotopic (exact) mass is 533 g/mol. The molecule has 1 saturated heterocycles. The number of hydrogen-bond donors (Lipinski definition) is 0. The highest BCUT2D eigenvalue weighted by atomic mass is 35.5. The predicted molar refractivity (Wildman–Crippen MR) is 135 cm³/mol. The van der Waals surface area contributed by atoms with E-state index >= 15 is 0 Å². The number of anilines is 1. The Morgan fingerprint density at radius 2 is 1.46 bits per heavy atom. The molecular formula is C24H21Cl2N3O5S. The van der Waals surface area contributed by atoms with Gasteiger partial charge in [-0.2, -0.15) is 0 Å². The van der Waals surface area contributed by atoms with E-state index in [-0.39, 0.29) is 27.6 Å². The van der Waals surface area contributed by atoms with E-state index in [1.165, 1.54) is 42.5 Å². The molecule has 1 fully saturated rings. The lowest BCUT2D eigenvalue weighted by molar-refractivity contribution is -0.385. The predicted octanol–water partition coefficient (Wildman–Crippen LogP) is 4.84. The maximum Gasteiger partial charge on any atom is 0.273 e. The highest BCUT2D eigenvalue weighted by molar-refractivity contribution is 7.90. The van der Waals surface area contributed by atoms with E-state index in [4.69, 9.17) is 23.2 Å². The Labute approximate surface area is 212 Å². The molecule has 1 amide bonds. The summed E-state index contributed by atoms with van der Waals surface area (Å²) in [5.74, 6) is -0.919. The fourth-order valence-electron chi connectivity index (χ4n) is 3.94. The quantitative estimate of drug-likeness (QED) is 0.332. The zero-order chi connectivity index (χ0) is 25.2. The molecule has 35 heavy (non-hydrogen) atoms. The van der Waals surface area contributed by atoms with Crippen LogP contribution in [0.25, 0.3) is 0 Å². The smallest absolute Gasteiger partial charge is 0.273 e. The van der Waals surface area contributed by atoms with Gasteiger partial charge in [0, 0.05) is 59.1 Å². The summed E-state index contributed by atoms with van der Waals surface area (Å²) in [7, 11) is -3.90. The molecule has 0 bridgehead atoms. The number of nitro benzene ring substituents is 1. The number of rotatable bonds is 6. The zero-order valence-corrected chi connectivity index (χ0v) is 20.8. The number of piperazine rings is 1. The Morgan fingerprint density at radius 1 is 0.886 bits per heavy atom. The summed E-state index contributed by atoms with van der Waals surface area (Å²) in [6.07, 6.45) is 0. The number of halogens is 2. The summed E-state index contributed by atoms with van der Waals surface area (Å²) in [5, 5.41) is 12.6. The van der Waals surface area contributed by atoms with Crippen molar-refractivity contribution >= 4 is 50.3 Å². The second kappa shape index (κ2) is 10.2. The van der Waals surface area contributed by atoms with Crippen molar-refractivity contribution < 1.29 is 18.1 Å². The first-order valence-electron chi connectivity index (χ1n) is 10.7. The number of sulfone groups is 1. The summed E-state index contributed by atoms with van der Waals surface area (Å²) in [6.45, 7) is 2.13. The van der Waals surface area contributed by atoms with Gasteiger partial charge in [-0.1, -0.05) is 23.2 Å². The lowest BCUT2D eigenvalue weighted by Crippen LogP contribution is -2.48. The van der Waals surface area contributed by atoms with E-state index in [0.717, 1.165) is 5.69 Å². The number of carbonyl (C=O) groups is 1. The first-order chi connectivity index (χ1) is 16.6. The molecule has 182 valence electrons. The molecule has 1 heterocycles. The summed E-state index contributed by atoms with van der Waals surface area (Å²) in [5.41, 5.74) is 0.811. The lowest BCUT2D eigenvalue weighted by Gasteiger charge is -2.36. The number of carbonyl (C=O) groups excluding carboxylic acids is 1. The van der Waals surface area contributed by atoms with Gasteiger partial charge in [-0.25, -0.2) is 8.42 Å². The average molecular weight is 534 g/mol. The van der Waals surface area contributed by atoms with Crippen molar-refractivity contribution in [2.45, 2.75) is 10.6 Å². The van der Waals surface area contributed by atoms with Crippen LogP contribution in [0.2, 0.25) is 10.0 Å². The van der Waals surface area contributed by atoms with Gasteiger partial charge >= 0.3 is 0 Å². The maximum absolute atomic E-state index is 13.2. The van der Waals surface area contributed by atoms with Crippen molar-refractivity contribution in [1.29, 1.82) is 0 Å². The van der Waals surface area contributed by atoms with Crippen LogP contribution >= 0.6 is 23.2 Å². The van der Waals surface area contributed by atoms with Crippen LogP contribution in [0, 0.1) is 10.1 Å². The Balaban J connectivity index is 1.53. The van der Waals surface area contributed by atoms with Crippen LogP contribution in [-0.4, -0.2) is 50.3 Å². The minimum absolute atomic E-state index is 0.00810. The van der Waals surface area contributed by atoms with Crippen LogP contribution in [0.1, 0.15) is 15.9 Å². The van der Waals surface area contributed by atoms with Crippen molar-refractivity contribution in [3.8, 4) is 0 Å². The van der Waals surface area contributed by atoms with Gasteiger partial charge in [-0.05, 0) is 60.7 Å². The third-order valence-electron chi connectivity index (χ3n) is 5.80. The van der Waals surface area contributed by atoms with Crippen LogP contribution in [0.5, 0.6) is 0 Å². The largest absolute Gasteiger partial charge is 0.368 e. The lowest BCUT2D eigenvalue weighted by atomic mass is 10.1. The Morgan fingerprint density at radius 3 is 2.03 bits per heavy atom. The molecule has 0 radical (unpaired) electrons. The third kappa shape index (κ3) is 5.75. The van der Waals surface area contributed by atoms with Gasteiger partial charge in [0.25, 0.3) is 11.6 Å². The molecule has 0 saturated carbocycles. The fraction of sp³-hybridized carbons (Fsp3) is 0.208. The van der Waals surface area contributed by atoms with E-state index in [1.807, 2.05) is 24.3 Å². The molecule has 0 atom stereocenters. The fourth-order valence-corrected chi connectivity index (χ4v) is 5.55. The van der Waals surface area contributed by atoms with Crippen LogP contribution in [0.4, 0.5) is 11.4 Å².